The fourth-order valence-corrected chi connectivity index (χ4v) is 11.0. The van der Waals surface area contributed by atoms with Crippen molar-refractivity contribution in [2.45, 2.75) is 139 Å². The van der Waals surface area contributed by atoms with Crippen molar-refractivity contribution >= 4 is 0 Å². The average molecular weight is 647 g/mol. The molecule has 2 saturated heterocycles. The highest BCUT2D eigenvalue weighted by Crippen LogP contribution is 2.72. The molecule has 0 aromatic heterocycles. The molecule has 17 atom stereocenters. The number of aliphatic hydroxyl groups is 9. The van der Waals surface area contributed by atoms with E-state index in [9.17, 15) is 46.0 Å². The van der Waals surface area contributed by atoms with E-state index in [1.165, 1.54) is 0 Å². The van der Waals surface area contributed by atoms with Gasteiger partial charge >= 0.3 is 0 Å². The van der Waals surface area contributed by atoms with Gasteiger partial charge in [0.2, 0.25) is 0 Å². The van der Waals surface area contributed by atoms with Crippen molar-refractivity contribution in [1.29, 1.82) is 0 Å². The molecule has 6 rings (SSSR count). The first kappa shape index (κ1) is 34.3. The first-order valence-corrected chi connectivity index (χ1v) is 16.8. The van der Waals surface area contributed by atoms with Crippen LogP contribution in [0.5, 0.6) is 0 Å². The van der Waals surface area contributed by atoms with Crippen molar-refractivity contribution in [3.63, 3.8) is 0 Å². The lowest BCUT2D eigenvalue weighted by atomic mass is 9.41. The molecule has 6 aliphatic rings. The number of hydrogen-bond acceptors (Lipinski definition) is 13. The number of aliphatic hydroxyl groups excluding tert-OH is 8. The van der Waals surface area contributed by atoms with Gasteiger partial charge in [-0.25, -0.2) is 0 Å². The molecular weight excluding hydrogens is 592 g/mol. The lowest BCUT2D eigenvalue weighted by molar-refractivity contribution is -0.335. The fraction of sp³-hybridized carbons (Fsp3) is 1.00. The highest BCUT2D eigenvalue weighted by Gasteiger charge is 2.67. The van der Waals surface area contributed by atoms with Crippen LogP contribution in [0.25, 0.3) is 0 Å². The third kappa shape index (κ3) is 5.61. The largest absolute Gasteiger partial charge is 0.394 e. The molecular formula is C32H54O13. The summed E-state index contributed by atoms with van der Waals surface area (Å²) >= 11 is 0. The van der Waals surface area contributed by atoms with Crippen LogP contribution in [0.4, 0.5) is 0 Å². The number of ether oxygens (including phenoxy) is 4. The van der Waals surface area contributed by atoms with Crippen molar-refractivity contribution < 1.29 is 64.9 Å². The van der Waals surface area contributed by atoms with Crippen LogP contribution in [0.3, 0.4) is 0 Å². The number of rotatable bonds is 8. The molecule has 0 aromatic carbocycles. The molecule has 45 heavy (non-hydrogen) atoms. The standard InChI is InChI=1S/C32H54O13/c1-29(7-3-8-30(2)19(29)6-9-31-10-16(4-5-20(30)31)32(41,13-31)14-34)15-43-28-26(40)24(38)22(36)18(45-28)12-42-27-25(39)23(37)21(35)17(11-33)44-27/h16-28,33-41H,3-15H2,1-2H3. The van der Waals surface area contributed by atoms with Crippen molar-refractivity contribution in [3.8, 4) is 0 Å². The van der Waals surface area contributed by atoms with Crippen LogP contribution >= 0.6 is 0 Å². The first-order valence-electron chi connectivity index (χ1n) is 16.8. The molecule has 2 heterocycles. The minimum atomic E-state index is -1.64. The second kappa shape index (κ2) is 12.4. The van der Waals surface area contributed by atoms with Crippen LogP contribution in [0.15, 0.2) is 0 Å². The fourth-order valence-electron chi connectivity index (χ4n) is 11.0. The Labute approximate surface area is 264 Å². The van der Waals surface area contributed by atoms with E-state index < -0.39 is 80.2 Å². The van der Waals surface area contributed by atoms with E-state index in [-0.39, 0.29) is 35.4 Å². The zero-order valence-electron chi connectivity index (χ0n) is 26.4. The van der Waals surface area contributed by atoms with Gasteiger partial charge in [-0.1, -0.05) is 20.3 Å². The van der Waals surface area contributed by atoms with Crippen molar-refractivity contribution in [1.82, 2.24) is 0 Å². The van der Waals surface area contributed by atoms with Crippen LogP contribution < -0.4 is 0 Å². The summed E-state index contributed by atoms with van der Waals surface area (Å²) in [6.07, 6.45) is -5.97. The molecule has 260 valence electrons. The molecule has 17 unspecified atom stereocenters. The summed E-state index contributed by atoms with van der Waals surface area (Å²) in [4.78, 5) is 0. The third-order valence-corrected chi connectivity index (χ3v) is 13.2. The predicted molar refractivity (Wildman–Crippen MR) is 155 cm³/mol. The summed E-state index contributed by atoms with van der Waals surface area (Å²) in [6.45, 7) is 3.67. The van der Waals surface area contributed by atoms with Crippen molar-refractivity contribution in [2.24, 2.45) is 34.0 Å². The van der Waals surface area contributed by atoms with Crippen LogP contribution in [-0.2, 0) is 18.9 Å². The van der Waals surface area contributed by atoms with Crippen LogP contribution in [0.1, 0.15) is 71.6 Å². The van der Waals surface area contributed by atoms with Gasteiger partial charge in [-0.3, -0.25) is 0 Å². The summed E-state index contributed by atoms with van der Waals surface area (Å²) in [7, 11) is 0. The van der Waals surface area contributed by atoms with E-state index in [2.05, 4.69) is 13.8 Å². The maximum absolute atomic E-state index is 11.3. The predicted octanol–water partition coefficient (Wildman–Crippen LogP) is -1.24. The Morgan fingerprint density at radius 3 is 2.02 bits per heavy atom. The first-order chi connectivity index (χ1) is 21.2. The number of hydrogen-bond donors (Lipinski definition) is 9. The van der Waals surface area contributed by atoms with Gasteiger partial charge in [-0.15, -0.1) is 0 Å². The van der Waals surface area contributed by atoms with Gasteiger partial charge in [-0.2, -0.15) is 0 Å². The molecule has 0 aromatic rings. The van der Waals surface area contributed by atoms with E-state index in [1.54, 1.807) is 0 Å². The molecule has 1 spiro atoms. The summed E-state index contributed by atoms with van der Waals surface area (Å²) in [6, 6.07) is 0. The molecule has 9 N–H and O–H groups in total. The van der Waals surface area contributed by atoms with Crippen molar-refractivity contribution in [3.05, 3.63) is 0 Å². The molecule has 0 radical (unpaired) electrons. The van der Waals surface area contributed by atoms with Gasteiger partial charge < -0.3 is 64.9 Å². The van der Waals surface area contributed by atoms with Gasteiger partial charge in [0.15, 0.2) is 12.6 Å². The second-order valence-electron chi connectivity index (χ2n) is 15.8. The number of fused-ring (bicyclic) bond motifs is 3. The third-order valence-electron chi connectivity index (χ3n) is 13.2. The quantitative estimate of drug-likeness (QED) is 0.151. The highest BCUT2D eigenvalue weighted by atomic mass is 16.7. The van der Waals surface area contributed by atoms with Gasteiger partial charge in [0.1, 0.15) is 48.8 Å². The van der Waals surface area contributed by atoms with Crippen LogP contribution in [0.2, 0.25) is 0 Å². The van der Waals surface area contributed by atoms with E-state index in [1.807, 2.05) is 0 Å². The molecule has 0 amide bonds. The molecule has 4 saturated carbocycles. The minimum Gasteiger partial charge on any atom is -0.394 e. The van der Waals surface area contributed by atoms with Crippen LogP contribution in [-0.4, -0.2) is 139 Å². The molecule has 4 aliphatic carbocycles. The van der Waals surface area contributed by atoms with Gasteiger partial charge in [-0.05, 0) is 85.4 Å². The summed E-state index contributed by atoms with van der Waals surface area (Å²) < 4.78 is 23.1. The molecule has 2 aliphatic heterocycles. The van der Waals surface area contributed by atoms with E-state index in [4.69, 9.17) is 18.9 Å². The molecule has 2 bridgehead atoms. The molecule has 6 fully saturated rings. The Bertz CT molecular complexity index is 1050. The van der Waals surface area contributed by atoms with Gasteiger partial charge in [0, 0.05) is 0 Å². The Hall–Kier alpha value is -0.520. The summed E-state index contributed by atoms with van der Waals surface area (Å²) in [5.41, 5.74) is -1.16. The topological polar surface area (TPSA) is 219 Å². The minimum absolute atomic E-state index is 0.0316. The Balaban J connectivity index is 1.11. The maximum atomic E-state index is 11.3. The summed E-state index contributed by atoms with van der Waals surface area (Å²) in [5.74, 6) is 0.925. The second-order valence-corrected chi connectivity index (χ2v) is 15.8. The monoisotopic (exact) mass is 646 g/mol. The normalized spacial score (nSPS) is 56.5. The van der Waals surface area contributed by atoms with E-state index in [0.29, 0.717) is 18.3 Å². The van der Waals surface area contributed by atoms with E-state index in [0.717, 1.165) is 51.4 Å². The highest BCUT2D eigenvalue weighted by molar-refractivity contribution is 5.17. The Morgan fingerprint density at radius 2 is 1.36 bits per heavy atom. The Morgan fingerprint density at radius 1 is 0.711 bits per heavy atom. The van der Waals surface area contributed by atoms with Crippen LogP contribution in [0, 0.1) is 34.0 Å². The summed E-state index contributed by atoms with van der Waals surface area (Å²) in [5, 5.41) is 93.3. The lowest BCUT2D eigenvalue weighted by Crippen LogP contribution is -2.62. The van der Waals surface area contributed by atoms with Gasteiger partial charge in [0.05, 0.1) is 32.0 Å². The zero-order chi connectivity index (χ0) is 32.5. The lowest BCUT2D eigenvalue weighted by Gasteiger charge is -2.64. The van der Waals surface area contributed by atoms with Gasteiger partial charge in [0.25, 0.3) is 0 Å². The average Bonchev–Trinajstić information content (AvgIpc) is 3.22. The maximum Gasteiger partial charge on any atom is 0.186 e. The van der Waals surface area contributed by atoms with Crippen molar-refractivity contribution in [2.75, 3.05) is 26.4 Å². The Kier molecular flexibility index (Phi) is 9.48. The molecule has 13 nitrogen and oxygen atoms in total. The molecule has 13 heteroatoms. The van der Waals surface area contributed by atoms with E-state index >= 15 is 0 Å². The zero-order valence-corrected chi connectivity index (χ0v) is 26.4. The smallest absolute Gasteiger partial charge is 0.186 e. The SMILES string of the molecule is CC1(COC2OC(COC3OC(CO)C(O)C(O)C3O)C(O)C(O)C2O)CCCC2(C)C1CCC13CC(CCC12)C(O)(CO)C3.